The van der Waals surface area contributed by atoms with Crippen molar-refractivity contribution in [1.82, 2.24) is 15.1 Å². The number of ether oxygens (including phenoxy) is 1. The third-order valence-electron chi connectivity index (χ3n) is 5.63. The first-order valence-electron chi connectivity index (χ1n) is 10.9. The second-order valence-electron chi connectivity index (χ2n) is 7.94. The van der Waals surface area contributed by atoms with Gasteiger partial charge in [-0.15, -0.1) is 11.3 Å². The molecule has 7 nitrogen and oxygen atoms in total. The van der Waals surface area contributed by atoms with Gasteiger partial charge in [-0.25, -0.2) is 0 Å². The molecular formula is C24H31N3O4S. The van der Waals surface area contributed by atoms with Crippen LogP contribution in [0.5, 0.6) is 5.75 Å². The Labute approximate surface area is 193 Å². The molecule has 1 aromatic carbocycles. The fourth-order valence-electron chi connectivity index (χ4n) is 3.88. The summed E-state index contributed by atoms with van der Waals surface area (Å²) in [6, 6.07) is 11.3. The number of nitrogens with one attached hydrogen (secondary N) is 1. The van der Waals surface area contributed by atoms with Crippen LogP contribution in [0.3, 0.4) is 0 Å². The van der Waals surface area contributed by atoms with Crippen LogP contribution in [0.25, 0.3) is 0 Å². The summed E-state index contributed by atoms with van der Waals surface area (Å²) in [5.74, 6) is 0.771. The van der Waals surface area contributed by atoms with E-state index in [-0.39, 0.29) is 30.2 Å². The topological polar surface area (TPSA) is 79.0 Å². The van der Waals surface area contributed by atoms with Gasteiger partial charge in [-0.1, -0.05) is 18.2 Å². The lowest BCUT2D eigenvalue weighted by Crippen LogP contribution is -2.39. The van der Waals surface area contributed by atoms with Crippen molar-refractivity contribution >= 4 is 29.1 Å². The van der Waals surface area contributed by atoms with Gasteiger partial charge in [-0.2, -0.15) is 0 Å². The van der Waals surface area contributed by atoms with Crippen LogP contribution in [0.2, 0.25) is 0 Å². The minimum Gasteiger partial charge on any atom is -0.497 e. The van der Waals surface area contributed by atoms with E-state index >= 15 is 0 Å². The number of methoxy groups -OCH3 is 1. The van der Waals surface area contributed by atoms with Gasteiger partial charge in [-0.3, -0.25) is 14.4 Å². The molecule has 3 rings (SSSR count). The van der Waals surface area contributed by atoms with Gasteiger partial charge in [0.1, 0.15) is 5.75 Å². The van der Waals surface area contributed by atoms with Gasteiger partial charge in [0.2, 0.25) is 17.7 Å². The second-order valence-corrected chi connectivity index (χ2v) is 8.92. The Bertz CT molecular complexity index is 898. The van der Waals surface area contributed by atoms with Gasteiger partial charge in [0, 0.05) is 44.4 Å². The van der Waals surface area contributed by atoms with E-state index in [1.807, 2.05) is 51.6 Å². The minimum atomic E-state index is -0.314. The van der Waals surface area contributed by atoms with Crippen LogP contribution in [0.1, 0.15) is 42.7 Å². The Morgan fingerprint density at radius 2 is 1.72 bits per heavy atom. The normalized spacial score (nSPS) is 15.1. The van der Waals surface area contributed by atoms with Crippen LogP contribution < -0.4 is 10.1 Å². The van der Waals surface area contributed by atoms with Crippen LogP contribution in [-0.4, -0.2) is 60.8 Å². The molecule has 32 heavy (non-hydrogen) atoms. The molecule has 1 aliphatic heterocycles. The number of hydrogen-bond acceptors (Lipinski definition) is 5. The largest absolute Gasteiger partial charge is 0.497 e. The van der Waals surface area contributed by atoms with Crippen LogP contribution >= 0.6 is 11.3 Å². The third-order valence-corrected chi connectivity index (χ3v) is 6.62. The summed E-state index contributed by atoms with van der Waals surface area (Å²) in [6.45, 7) is 3.80. The molecule has 1 aliphatic rings. The average molecular weight is 458 g/mol. The predicted octanol–water partition coefficient (Wildman–Crippen LogP) is 3.02. The molecule has 0 bridgehead atoms. The zero-order chi connectivity index (χ0) is 22.9. The summed E-state index contributed by atoms with van der Waals surface area (Å²) in [5.41, 5.74) is 1.10. The molecule has 1 fully saturated rings. The highest BCUT2D eigenvalue weighted by atomic mass is 32.1. The lowest BCUT2D eigenvalue weighted by molar-refractivity contribution is -0.134. The molecule has 172 valence electrons. The number of benzene rings is 1. The molecular weight excluding hydrogens is 426 g/mol. The van der Waals surface area contributed by atoms with Gasteiger partial charge in [0.25, 0.3) is 0 Å². The Balaban J connectivity index is 1.50. The fourth-order valence-corrected chi connectivity index (χ4v) is 4.66. The molecule has 3 amide bonds. The molecule has 0 aliphatic carbocycles. The zero-order valence-corrected chi connectivity index (χ0v) is 19.5. The van der Waals surface area contributed by atoms with Gasteiger partial charge >= 0.3 is 0 Å². The molecule has 0 spiro atoms. The third kappa shape index (κ3) is 6.82. The highest BCUT2D eigenvalue weighted by molar-refractivity contribution is 7.10. The van der Waals surface area contributed by atoms with E-state index in [0.717, 1.165) is 22.6 Å². The summed E-state index contributed by atoms with van der Waals surface area (Å²) in [5, 5.41) is 4.83. The smallest absolute Gasteiger partial charge is 0.225 e. The van der Waals surface area contributed by atoms with E-state index in [1.54, 1.807) is 7.11 Å². The summed E-state index contributed by atoms with van der Waals surface area (Å²) in [7, 11) is 1.63. The van der Waals surface area contributed by atoms with Crippen LogP contribution in [0.4, 0.5) is 0 Å². The van der Waals surface area contributed by atoms with Crippen molar-refractivity contribution in [2.24, 2.45) is 0 Å². The Hall–Kier alpha value is -2.87. The first-order valence-corrected chi connectivity index (χ1v) is 11.8. The van der Waals surface area contributed by atoms with Gasteiger partial charge in [-0.05, 0) is 42.0 Å². The SMILES string of the molecule is COc1ccc(CCC(=O)N2CCCN(C(=O)CC(NC(C)=O)c3cccs3)CC2)cc1. The second kappa shape index (κ2) is 11.7. The van der Waals surface area contributed by atoms with E-state index < -0.39 is 0 Å². The minimum absolute atomic E-state index is 0.00434. The van der Waals surface area contributed by atoms with E-state index in [0.29, 0.717) is 39.0 Å². The van der Waals surface area contributed by atoms with Crippen molar-refractivity contribution in [3.8, 4) is 5.75 Å². The van der Waals surface area contributed by atoms with Gasteiger partial charge in [0.05, 0.1) is 19.6 Å². The van der Waals surface area contributed by atoms with Crippen molar-refractivity contribution in [3.63, 3.8) is 0 Å². The molecule has 8 heteroatoms. The van der Waals surface area contributed by atoms with Crippen molar-refractivity contribution in [2.75, 3.05) is 33.3 Å². The van der Waals surface area contributed by atoms with Gasteiger partial charge < -0.3 is 19.9 Å². The monoisotopic (exact) mass is 457 g/mol. The van der Waals surface area contributed by atoms with Crippen LogP contribution in [-0.2, 0) is 20.8 Å². The molecule has 2 aromatic rings. The molecule has 1 N–H and O–H groups in total. The molecule has 1 aromatic heterocycles. The number of amides is 3. The number of thiophene rings is 1. The molecule has 2 heterocycles. The molecule has 1 unspecified atom stereocenters. The molecule has 1 atom stereocenters. The summed E-state index contributed by atoms with van der Waals surface area (Å²) >= 11 is 1.53. The maximum absolute atomic E-state index is 12.9. The lowest BCUT2D eigenvalue weighted by atomic mass is 10.1. The van der Waals surface area contributed by atoms with E-state index in [4.69, 9.17) is 4.74 Å². The van der Waals surface area contributed by atoms with Crippen LogP contribution in [0.15, 0.2) is 41.8 Å². The molecule has 1 saturated heterocycles. The molecule has 0 radical (unpaired) electrons. The van der Waals surface area contributed by atoms with E-state index in [1.165, 1.54) is 18.3 Å². The lowest BCUT2D eigenvalue weighted by Gasteiger charge is -2.24. The zero-order valence-electron chi connectivity index (χ0n) is 18.7. The number of rotatable bonds is 8. The Morgan fingerprint density at radius 1 is 1.03 bits per heavy atom. The van der Waals surface area contributed by atoms with Crippen molar-refractivity contribution in [3.05, 3.63) is 52.2 Å². The molecule has 0 saturated carbocycles. The average Bonchev–Trinajstić information content (AvgIpc) is 3.21. The summed E-state index contributed by atoms with van der Waals surface area (Å²) in [6.07, 6.45) is 2.11. The van der Waals surface area contributed by atoms with E-state index in [2.05, 4.69) is 5.32 Å². The predicted molar refractivity (Wildman–Crippen MR) is 125 cm³/mol. The van der Waals surface area contributed by atoms with Crippen LogP contribution in [0, 0.1) is 0 Å². The fraction of sp³-hybridized carbons (Fsp3) is 0.458. The number of nitrogens with zero attached hydrogens (tertiary/aromatic N) is 2. The summed E-state index contributed by atoms with van der Waals surface area (Å²) in [4.78, 5) is 41.9. The quantitative estimate of drug-likeness (QED) is 0.661. The highest BCUT2D eigenvalue weighted by Crippen LogP contribution is 2.23. The maximum Gasteiger partial charge on any atom is 0.225 e. The Morgan fingerprint density at radius 3 is 2.31 bits per heavy atom. The Kier molecular flexibility index (Phi) is 8.67. The number of carbonyl (C=O) groups is 3. The first kappa shape index (κ1) is 23.8. The number of carbonyl (C=O) groups excluding carboxylic acids is 3. The number of aryl methyl sites for hydroxylation is 1. The maximum atomic E-state index is 12.9. The van der Waals surface area contributed by atoms with Crippen molar-refractivity contribution in [1.29, 1.82) is 0 Å². The van der Waals surface area contributed by atoms with Crippen molar-refractivity contribution < 1.29 is 19.1 Å². The highest BCUT2D eigenvalue weighted by Gasteiger charge is 2.25. The van der Waals surface area contributed by atoms with Gasteiger partial charge in [0.15, 0.2) is 0 Å². The van der Waals surface area contributed by atoms with E-state index in [9.17, 15) is 14.4 Å². The number of hydrogen-bond donors (Lipinski definition) is 1. The standard InChI is InChI=1S/C24H31N3O4S/c1-18(28)25-21(22-5-3-16-32-22)17-24(30)27-13-4-12-26(14-15-27)23(29)11-8-19-6-9-20(31-2)10-7-19/h3,5-7,9-10,16,21H,4,8,11-15,17H2,1-2H3,(H,25,28). The first-order chi connectivity index (χ1) is 15.5. The van der Waals surface area contributed by atoms with Crippen molar-refractivity contribution in [2.45, 2.75) is 38.6 Å². The summed E-state index contributed by atoms with van der Waals surface area (Å²) < 4.78 is 5.17.